The highest BCUT2D eigenvalue weighted by atomic mass is 35.5. The Balaban J connectivity index is 1.69. The highest BCUT2D eigenvalue weighted by Gasteiger charge is 2.51. The summed E-state index contributed by atoms with van der Waals surface area (Å²) >= 11 is 6.05. The van der Waals surface area contributed by atoms with Gasteiger partial charge in [-0.25, -0.2) is 0 Å². The number of aliphatic carboxylic acids is 1. The van der Waals surface area contributed by atoms with E-state index < -0.39 is 17.8 Å². The highest BCUT2D eigenvalue weighted by molar-refractivity contribution is 6.31. The molecule has 0 aromatic heterocycles. The Kier molecular flexibility index (Phi) is 3.72. The van der Waals surface area contributed by atoms with Crippen LogP contribution in [0.4, 0.5) is 0 Å². The molecule has 1 amide bonds. The number of halogens is 1. The topological polar surface area (TPSA) is 66.4 Å². The maximum Gasteiger partial charge on any atom is 0.307 e. The molecule has 0 aliphatic heterocycles. The average Bonchev–Trinajstić information content (AvgIpc) is 3.06. The van der Waals surface area contributed by atoms with Crippen molar-refractivity contribution in [3.05, 3.63) is 47.0 Å². The van der Waals surface area contributed by atoms with Crippen molar-refractivity contribution in [3.8, 4) is 0 Å². The zero-order valence-corrected chi connectivity index (χ0v) is 12.1. The van der Waals surface area contributed by atoms with Crippen molar-refractivity contribution in [2.75, 3.05) is 0 Å². The van der Waals surface area contributed by atoms with Gasteiger partial charge in [-0.15, -0.1) is 0 Å². The number of amides is 1. The first-order chi connectivity index (χ1) is 10.1. The van der Waals surface area contributed by atoms with Crippen LogP contribution < -0.4 is 5.32 Å². The molecule has 2 aliphatic carbocycles. The van der Waals surface area contributed by atoms with Crippen molar-refractivity contribution in [1.29, 1.82) is 0 Å². The summed E-state index contributed by atoms with van der Waals surface area (Å²) in [6.45, 7) is 0.322. The molecule has 0 spiro atoms. The van der Waals surface area contributed by atoms with Gasteiger partial charge in [0.15, 0.2) is 0 Å². The number of rotatable bonds is 4. The Hall–Kier alpha value is -1.81. The number of nitrogens with one attached hydrogen (secondary N) is 1. The third kappa shape index (κ3) is 2.56. The van der Waals surface area contributed by atoms with Gasteiger partial charge >= 0.3 is 5.97 Å². The normalized spacial score (nSPS) is 29.6. The summed E-state index contributed by atoms with van der Waals surface area (Å²) in [5.41, 5.74) is 0.832. The number of allylic oxidation sites excluding steroid dienone is 2. The van der Waals surface area contributed by atoms with E-state index in [4.69, 9.17) is 11.6 Å². The van der Waals surface area contributed by atoms with Crippen molar-refractivity contribution in [2.24, 2.45) is 23.7 Å². The molecular weight excluding hydrogens is 290 g/mol. The first kappa shape index (κ1) is 14.1. The highest BCUT2D eigenvalue weighted by Crippen LogP contribution is 2.48. The number of carboxylic acid groups (broad SMARTS) is 1. The summed E-state index contributed by atoms with van der Waals surface area (Å²) in [5, 5.41) is 12.8. The number of benzene rings is 1. The van der Waals surface area contributed by atoms with Crippen molar-refractivity contribution in [3.63, 3.8) is 0 Å². The molecule has 0 radical (unpaired) electrons. The van der Waals surface area contributed by atoms with Crippen LogP contribution in [0.25, 0.3) is 0 Å². The molecule has 0 saturated heterocycles. The Morgan fingerprint density at radius 1 is 1.19 bits per heavy atom. The van der Waals surface area contributed by atoms with Gasteiger partial charge in [0, 0.05) is 11.6 Å². The molecule has 1 fully saturated rings. The Bertz CT molecular complexity index is 613. The quantitative estimate of drug-likeness (QED) is 0.840. The van der Waals surface area contributed by atoms with Gasteiger partial charge < -0.3 is 10.4 Å². The number of hydrogen-bond donors (Lipinski definition) is 2. The molecule has 4 atom stereocenters. The fourth-order valence-electron chi connectivity index (χ4n) is 3.46. The SMILES string of the molecule is O=C(O)[C@@H]1[C@@H](C(=O)NCc2ccccc2Cl)[C@H]2C=C[C@H]1C2. The number of carboxylic acids is 1. The first-order valence-electron chi connectivity index (χ1n) is 7.00. The van der Waals surface area contributed by atoms with E-state index in [9.17, 15) is 14.7 Å². The minimum absolute atomic E-state index is 0.0106. The van der Waals surface area contributed by atoms with Crippen LogP contribution in [0, 0.1) is 23.7 Å². The van der Waals surface area contributed by atoms with Gasteiger partial charge in [0.2, 0.25) is 5.91 Å². The molecular formula is C16H16ClNO3. The van der Waals surface area contributed by atoms with Crippen molar-refractivity contribution < 1.29 is 14.7 Å². The molecule has 2 aliphatic rings. The summed E-state index contributed by atoms with van der Waals surface area (Å²) in [7, 11) is 0. The third-order valence-corrected chi connectivity index (χ3v) is 4.83. The Morgan fingerprint density at radius 2 is 1.86 bits per heavy atom. The molecule has 2 bridgehead atoms. The van der Waals surface area contributed by atoms with Crippen LogP contribution in [-0.4, -0.2) is 17.0 Å². The molecule has 1 aromatic carbocycles. The lowest BCUT2D eigenvalue weighted by Gasteiger charge is -2.23. The standard InChI is InChI=1S/C16H16ClNO3/c17-12-4-2-1-3-11(12)8-18-15(19)13-9-5-6-10(7-9)14(13)16(20)21/h1-6,9-10,13-14H,7-8H2,(H,18,19)(H,20,21)/t9-,10-,13-,14-/m0/s1. The summed E-state index contributed by atoms with van der Waals surface area (Å²) < 4.78 is 0. The number of fused-ring (bicyclic) bond motifs is 2. The van der Waals surface area contributed by atoms with Crippen molar-refractivity contribution in [2.45, 2.75) is 13.0 Å². The minimum atomic E-state index is -0.884. The van der Waals surface area contributed by atoms with Crippen molar-refractivity contribution in [1.82, 2.24) is 5.32 Å². The molecule has 4 nitrogen and oxygen atoms in total. The maximum atomic E-state index is 12.4. The molecule has 1 saturated carbocycles. The van der Waals surface area contributed by atoms with E-state index in [0.717, 1.165) is 12.0 Å². The van der Waals surface area contributed by atoms with Gasteiger partial charge in [-0.3, -0.25) is 9.59 Å². The molecule has 1 aromatic rings. The van der Waals surface area contributed by atoms with Gasteiger partial charge in [-0.1, -0.05) is 42.0 Å². The molecule has 5 heteroatoms. The van der Waals surface area contributed by atoms with E-state index in [2.05, 4.69) is 5.32 Å². The zero-order valence-electron chi connectivity index (χ0n) is 11.3. The van der Waals surface area contributed by atoms with Gasteiger partial charge in [0.25, 0.3) is 0 Å². The van der Waals surface area contributed by atoms with Gasteiger partial charge in [-0.05, 0) is 29.9 Å². The van der Waals surface area contributed by atoms with E-state index >= 15 is 0 Å². The monoisotopic (exact) mass is 305 g/mol. The van der Waals surface area contributed by atoms with E-state index in [1.165, 1.54) is 0 Å². The first-order valence-corrected chi connectivity index (χ1v) is 7.38. The van der Waals surface area contributed by atoms with E-state index in [-0.39, 0.29) is 17.7 Å². The van der Waals surface area contributed by atoms with Gasteiger partial charge in [0.05, 0.1) is 11.8 Å². The number of carbonyl (C=O) groups excluding carboxylic acids is 1. The van der Waals surface area contributed by atoms with Crippen LogP contribution in [0.1, 0.15) is 12.0 Å². The molecule has 3 rings (SSSR count). The van der Waals surface area contributed by atoms with Crippen LogP contribution in [-0.2, 0) is 16.1 Å². The zero-order chi connectivity index (χ0) is 15.0. The fraction of sp³-hybridized carbons (Fsp3) is 0.375. The summed E-state index contributed by atoms with van der Waals surface area (Å²) in [6, 6.07) is 7.30. The van der Waals surface area contributed by atoms with E-state index in [1.807, 2.05) is 30.4 Å². The van der Waals surface area contributed by atoms with E-state index in [1.54, 1.807) is 6.07 Å². The lowest BCUT2D eigenvalue weighted by Crippen LogP contribution is -2.39. The second-order valence-corrected chi connectivity index (χ2v) is 6.05. The van der Waals surface area contributed by atoms with Gasteiger partial charge in [-0.2, -0.15) is 0 Å². The second-order valence-electron chi connectivity index (χ2n) is 5.65. The minimum Gasteiger partial charge on any atom is -0.481 e. The van der Waals surface area contributed by atoms with Crippen LogP contribution in [0.2, 0.25) is 5.02 Å². The lowest BCUT2D eigenvalue weighted by atomic mass is 9.82. The number of carbonyl (C=O) groups is 2. The Labute approximate surface area is 127 Å². The summed E-state index contributed by atoms with van der Waals surface area (Å²) in [6.07, 6.45) is 4.67. The van der Waals surface area contributed by atoms with Crippen molar-refractivity contribution >= 4 is 23.5 Å². The van der Waals surface area contributed by atoms with E-state index in [0.29, 0.717) is 11.6 Å². The van der Waals surface area contributed by atoms with Crippen LogP contribution >= 0.6 is 11.6 Å². The average molecular weight is 306 g/mol. The molecule has 0 unspecified atom stereocenters. The number of hydrogen-bond acceptors (Lipinski definition) is 2. The fourth-order valence-corrected chi connectivity index (χ4v) is 3.66. The predicted octanol–water partition coefficient (Wildman–Crippen LogP) is 2.48. The van der Waals surface area contributed by atoms with Crippen LogP contribution in [0.15, 0.2) is 36.4 Å². The van der Waals surface area contributed by atoms with Crippen LogP contribution in [0.3, 0.4) is 0 Å². The predicted molar refractivity (Wildman–Crippen MR) is 78.7 cm³/mol. The largest absolute Gasteiger partial charge is 0.481 e. The molecule has 21 heavy (non-hydrogen) atoms. The summed E-state index contributed by atoms with van der Waals surface area (Å²) in [5.74, 6) is -2.12. The summed E-state index contributed by atoms with van der Waals surface area (Å²) in [4.78, 5) is 23.8. The Morgan fingerprint density at radius 3 is 2.52 bits per heavy atom. The lowest BCUT2D eigenvalue weighted by molar-refractivity contribution is -0.147. The molecule has 0 heterocycles. The van der Waals surface area contributed by atoms with Crippen LogP contribution in [0.5, 0.6) is 0 Å². The third-order valence-electron chi connectivity index (χ3n) is 4.46. The molecule has 110 valence electrons. The molecule has 2 N–H and O–H groups in total. The smallest absolute Gasteiger partial charge is 0.307 e. The second kappa shape index (κ2) is 5.53. The maximum absolute atomic E-state index is 12.4. The van der Waals surface area contributed by atoms with Gasteiger partial charge in [0.1, 0.15) is 0 Å².